The maximum absolute atomic E-state index is 11.3. The topological polar surface area (TPSA) is 50.4 Å². The van der Waals surface area contributed by atoms with E-state index < -0.39 is 0 Å². The third kappa shape index (κ3) is 7.02. The number of amides is 2. The molecule has 0 fully saturated rings. The molecule has 21 heavy (non-hydrogen) atoms. The van der Waals surface area contributed by atoms with Crippen molar-refractivity contribution in [1.82, 2.24) is 10.6 Å². The quantitative estimate of drug-likeness (QED) is 0.756. The van der Waals surface area contributed by atoms with Crippen molar-refractivity contribution in [2.45, 2.75) is 46.0 Å². The molecule has 1 rings (SSSR count). The Kier molecular flexibility index (Phi) is 7.06. The van der Waals surface area contributed by atoms with Gasteiger partial charge in [0.15, 0.2) is 0 Å². The Bertz CT molecular complexity index is 421. The van der Waals surface area contributed by atoms with Crippen LogP contribution < -0.4 is 15.4 Å². The lowest BCUT2D eigenvalue weighted by Gasteiger charge is -2.19. The average Bonchev–Trinajstić information content (AvgIpc) is 2.44. The van der Waals surface area contributed by atoms with Gasteiger partial charge in [-0.25, -0.2) is 4.79 Å². The molecule has 0 aliphatic carbocycles. The molecule has 0 radical (unpaired) electrons. The highest BCUT2D eigenvalue weighted by Crippen LogP contribution is 2.24. The van der Waals surface area contributed by atoms with E-state index in [2.05, 4.69) is 43.5 Å². The van der Waals surface area contributed by atoms with Crippen LogP contribution >= 0.6 is 0 Å². The van der Waals surface area contributed by atoms with E-state index in [1.807, 2.05) is 19.1 Å². The van der Waals surface area contributed by atoms with E-state index in [1.165, 1.54) is 5.56 Å². The van der Waals surface area contributed by atoms with E-state index in [0.717, 1.165) is 18.6 Å². The molecular weight excluding hydrogens is 264 g/mol. The van der Waals surface area contributed by atoms with Crippen molar-refractivity contribution in [2.24, 2.45) is 0 Å². The smallest absolute Gasteiger partial charge is 0.314 e. The molecule has 2 amide bonds. The SMILES string of the molecule is CCCNC(=O)NCCCOc1ccc(C(C)(C)C)cc1. The van der Waals surface area contributed by atoms with Crippen LogP contribution in [0.4, 0.5) is 4.79 Å². The molecule has 0 saturated carbocycles. The Morgan fingerprint density at radius 3 is 2.29 bits per heavy atom. The molecule has 4 nitrogen and oxygen atoms in total. The summed E-state index contributed by atoms with van der Waals surface area (Å²) < 4.78 is 5.66. The minimum atomic E-state index is -0.105. The number of urea groups is 1. The monoisotopic (exact) mass is 292 g/mol. The van der Waals surface area contributed by atoms with Crippen molar-refractivity contribution in [2.75, 3.05) is 19.7 Å². The fraction of sp³-hybridized carbons (Fsp3) is 0.588. The maximum atomic E-state index is 11.3. The average molecular weight is 292 g/mol. The molecule has 0 saturated heterocycles. The van der Waals surface area contributed by atoms with Crippen LogP contribution in [0.5, 0.6) is 5.75 Å². The van der Waals surface area contributed by atoms with Crippen LogP contribution in [-0.2, 0) is 5.41 Å². The molecule has 0 aliphatic heterocycles. The Balaban J connectivity index is 2.20. The molecule has 1 aromatic rings. The minimum Gasteiger partial charge on any atom is -0.494 e. The lowest BCUT2D eigenvalue weighted by Crippen LogP contribution is -2.36. The van der Waals surface area contributed by atoms with Gasteiger partial charge >= 0.3 is 6.03 Å². The number of hydrogen-bond acceptors (Lipinski definition) is 2. The first-order valence-electron chi connectivity index (χ1n) is 7.68. The number of benzene rings is 1. The summed E-state index contributed by atoms with van der Waals surface area (Å²) in [4.78, 5) is 11.3. The second kappa shape index (κ2) is 8.55. The summed E-state index contributed by atoms with van der Waals surface area (Å²) in [5.41, 5.74) is 1.46. The molecule has 0 atom stereocenters. The third-order valence-corrected chi connectivity index (χ3v) is 3.13. The Morgan fingerprint density at radius 2 is 1.71 bits per heavy atom. The van der Waals surface area contributed by atoms with E-state index >= 15 is 0 Å². The summed E-state index contributed by atoms with van der Waals surface area (Å²) in [5.74, 6) is 0.874. The van der Waals surface area contributed by atoms with Gasteiger partial charge in [0.2, 0.25) is 0 Å². The van der Waals surface area contributed by atoms with Gasteiger partial charge < -0.3 is 15.4 Å². The first kappa shape index (κ1) is 17.3. The molecule has 0 spiro atoms. The zero-order valence-corrected chi connectivity index (χ0v) is 13.7. The van der Waals surface area contributed by atoms with E-state index in [4.69, 9.17) is 4.74 Å². The van der Waals surface area contributed by atoms with Gasteiger partial charge in [-0.2, -0.15) is 0 Å². The van der Waals surface area contributed by atoms with Crippen molar-refractivity contribution in [3.63, 3.8) is 0 Å². The number of nitrogens with one attached hydrogen (secondary N) is 2. The number of rotatable bonds is 7. The zero-order chi connectivity index (χ0) is 15.7. The molecule has 4 heteroatoms. The second-order valence-electron chi connectivity index (χ2n) is 6.16. The largest absolute Gasteiger partial charge is 0.494 e. The number of carbonyl (C=O) groups is 1. The molecule has 2 N–H and O–H groups in total. The van der Waals surface area contributed by atoms with Crippen LogP contribution in [0, 0.1) is 0 Å². The normalized spacial score (nSPS) is 11.0. The predicted molar refractivity (Wildman–Crippen MR) is 86.9 cm³/mol. The molecule has 0 heterocycles. The third-order valence-electron chi connectivity index (χ3n) is 3.13. The van der Waals surface area contributed by atoms with Crippen molar-refractivity contribution >= 4 is 6.03 Å². The minimum absolute atomic E-state index is 0.105. The summed E-state index contributed by atoms with van der Waals surface area (Å²) in [6, 6.07) is 8.10. The predicted octanol–water partition coefficient (Wildman–Crippen LogP) is 3.46. The van der Waals surface area contributed by atoms with Gasteiger partial charge in [-0.3, -0.25) is 0 Å². The summed E-state index contributed by atoms with van der Waals surface area (Å²) in [6.45, 7) is 10.5. The highest BCUT2D eigenvalue weighted by molar-refractivity contribution is 5.73. The van der Waals surface area contributed by atoms with Crippen molar-refractivity contribution in [3.8, 4) is 5.75 Å². The summed E-state index contributed by atoms with van der Waals surface area (Å²) >= 11 is 0. The number of ether oxygens (including phenoxy) is 1. The highest BCUT2D eigenvalue weighted by atomic mass is 16.5. The van der Waals surface area contributed by atoms with Gasteiger partial charge in [-0.15, -0.1) is 0 Å². The molecule has 0 unspecified atom stereocenters. The van der Waals surface area contributed by atoms with Crippen LogP contribution in [0.15, 0.2) is 24.3 Å². The fourth-order valence-corrected chi connectivity index (χ4v) is 1.82. The van der Waals surface area contributed by atoms with Gasteiger partial charge in [-0.05, 0) is 36.0 Å². The number of carbonyl (C=O) groups excluding carboxylic acids is 1. The standard InChI is InChI=1S/C17H28N2O2/c1-5-11-18-16(20)19-12-6-13-21-15-9-7-14(8-10-15)17(2,3)4/h7-10H,5-6,11-13H2,1-4H3,(H2,18,19,20). The number of hydrogen-bond donors (Lipinski definition) is 2. The van der Waals surface area contributed by atoms with E-state index in [1.54, 1.807) is 0 Å². The first-order chi connectivity index (χ1) is 9.93. The van der Waals surface area contributed by atoms with Crippen molar-refractivity contribution in [3.05, 3.63) is 29.8 Å². The van der Waals surface area contributed by atoms with Gasteiger partial charge in [0, 0.05) is 13.1 Å². The molecule has 0 bridgehead atoms. The molecule has 1 aromatic carbocycles. The van der Waals surface area contributed by atoms with E-state index in [-0.39, 0.29) is 11.4 Å². The van der Waals surface area contributed by atoms with Crippen molar-refractivity contribution in [1.29, 1.82) is 0 Å². The zero-order valence-electron chi connectivity index (χ0n) is 13.7. The fourth-order valence-electron chi connectivity index (χ4n) is 1.82. The van der Waals surface area contributed by atoms with Crippen LogP contribution in [0.1, 0.15) is 46.1 Å². The lowest BCUT2D eigenvalue weighted by molar-refractivity contribution is 0.239. The van der Waals surface area contributed by atoms with E-state index in [0.29, 0.717) is 19.7 Å². The molecular formula is C17H28N2O2. The lowest BCUT2D eigenvalue weighted by atomic mass is 9.87. The maximum Gasteiger partial charge on any atom is 0.314 e. The van der Waals surface area contributed by atoms with Crippen LogP contribution in [-0.4, -0.2) is 25.7 Å². The first-order valence-corrected chi connectivity index (χ1v) is 7.68. The molecule has 118 valence electrons. The second-order valence-corrected chi connectivity index (χ2v) is 6.16. The molecule has 0 aliphatic rings. The summed E-state index contributed by atoms with van der Waals surface area (Å²) in [6.07, 6.45) is 1.74. The Hall–Kier alpha value is -1.71. The summed E-state index contributed by atoms with van der Waals surface area (Å²) in [7, 11) is 0. The van der Waals surface area contributed by atoms with Crippen LogP contribution in [0.3, 0.4) is 0 Å². The van der Waals surface area contributed by atoms with Gasteiger partial charge in [-0.1, -0.05) is 39.8 Å². The molecule has 0 aromatic heterocycles. The highest BCUT2D eigenvalue weighted by Gasteiger charge is 2.12. The Labute approximate surface area is 128 Å². The van der Waals surface area contributed by atoms with Gasteiger partial charge in [0.1, 0.15) is 5.75 Å². The van der Waals surface area contributed by atoms with Crippen LogP contribution in [0.2, 0.25) is 0 Å². The van der Waals surface area contributed by atoms with E-state index in [9.17, 15) is 4.79 Å². The van der Waals surface area contributed by atoms with Gasteiger partial charge in [0.05, 0.1) is 6.61 Å². The van der Waals surface area contributed by atoms with Crippen molar-refractivity contribution < 1.29 is 9.53 Å². The summed E-state index contributed by atoms with van der Waals surface area (Å²) in [5, 5.41) is 5.57. The van der Waals surface area contributed by atoms with Gasteiger partial charge in [0.25, 0.3) is 0 Å². The van der Waals surface area contributed by atoms with Crippen LogP contribution in [0.25, 0.3) is 0 Å². The Morgan fingerprint density at radius 1 is 1.10 bits per heavy atom.